The van der Waals surface area contributed by atoms with Gasteiger partial charge in [-0.25, -0.2) is 0 Å². The number of para-hydroxylation sites is 1. The van der Waals surface area contributed by atoms with Crippen LogP contribution in [-0.4, -0.2) is 30.3 Å². The predicted octanol–water partition coefficient (Wildman–Crippen LogP) is 1.86. The number of fused-ring (bicyclic) bond motifs is 1. The third kappa shape index (κ3) is 7.53. The van der Waals surface area contributed by atoms with Crippen LogP contribution in [0.3, 0.4) is 0 Å². The highest BCUT2D eigenvalue weighted by Gasteiger charge is 2.40. The number of amides is 1. The van der Waals surface area contributed by atoms with Gasteiger partial charge in [-0.3, -0.25) is 14.5 Å². The number of nitrogens with zero attached hydrogens (tertiary/aromatic N) is 1. The van der Waals surface area contributed by atoms with E-state index in [-0.39, 0.29) is 17.6 Å². The first-order valence-electron chi connectivity index (χ1n) is 10.9. The SMILES string of the molecule is C#CC#CC#CC#CC#CNCCCC[C@H](N)C(=O)N1c2ccccc2C[C@H]1C(=O)C(C)C. The first-order valence-corrected chi connectivity index (χ1v) is 10.9. The summed E-state index contributed by atoms with van der Waals surface area (Å²) in [5, 5.41) is 2.96. The maximum absolute atomic E-state index is 13.2. The van der Waals surface area contributed by atoms with E-state index in [9.17, 15) is 9.59 Å². The van der Waals surface area contributed by atoms with Gasteiger partial charge in [0, 0.05) is 54.3 Å². The van der Waals surface area contributed by atoms with Gasteiger partial charge in [-0.2, -0.15) is 0 Å². The van der Waals surface area contributed by atoms with Crippen molar-refractivity contribution in [3.63, 3.8) is 0 Å². The molecule has 0 saturated heterocycles. The molecule has 1 heterocycles. The Morgan fingerprint density at radius 1 is 1.09 bits per heavy atom. The number of hydrogen-bond donors (Lipinski definition) is 2. The fourth-order valence-corrected chi connectivity index (χ4v) is 3.48. The van der Waals surface area contributed by atoms with Crippen LogP contribution < -0.4 is 16.0 Å². The highest BCUT2D eigenvalue weighted by molar-refractivity contribution is 6.06. The second-order valence-electron chi connectivity index (χ2n) is 7.79. The van der Waals surface area contributed by atoms with Gasteiger partial charge in [0.25, 0.3) is 0 Å². The Morgan fingerprint density at radius 3 is 2.45 bits per heavy atom. The molecule has 1 aromatic carbocycles. The summed E-state index contributed by atoms with van der Waals surface area (Å²) in [6.07, 6.45) is 7.60. The average molecular weight is 438 g/mol. The molecule has 166 valence electrons. The van der Waals surface area contributed by atoms with Crippen molar-refractivity contribution < 1.29 is 9.59 Å². The Balaban J connectivity index is 1.82. The van der Waals surface area contributed by atoms with E-state index < -0.39 is 12.1 Å². The number of nitrogens with two attached hydrogens (primary N) is 1. The number of carbonyl (C=O) groups is 2. The second kappa shape index (κ2) is 13.4. The van der Waals surface area contributed by atoms with Crippen LogP contribution in [0.1, 0.15) is 38.7 Å². The first-order chi connectivity index (χ1) is 16.0. The van der Waals surface area contributed by atoms with E-state index in [1.807, 2.05) is 38.1 Å². The number of benzene rings is 1. The Labute approximate surface area is 196 Å². The largest absolute Gasteiger partial charge is 0.345 e. The summed E-state index contributed by atoms with van der Waals surface area (Å²) in [6.45, 7) is 4.37. The van der Waals surface area contributed by atoms with E-state index in [0.717, 1.165) is 24.1 Å². The zero-order valence-electron chi connectivity index (χ0n) is 19.0. The Bertz CT molecular complexity index is 1160. The summed E-state index contributed by atoms with van der Waals surface area (Å²) in [6, 6.07) is 9.24. The zero-order valence-corrected chi connectivity index (χ0v) is 19.0. The fourth-order valence-electron chi connectivity index (χ4n) is 3.48. The fraction of sp³-hybridized carbons (Fsp3) is 0.357. The highest BCUT2D eigenvalue weighted by Crippen LogP contribution is 2.34. The maximum Gasteiger partial charge on any atom is 0.244 e. The molecule has 0 fully saturated rings. The van der Waals surface area contributed by atoms with Gasteiger partial charge in [0.05, 0.1) is 12.1 Å². The zero-order chi connectivity index (χ0) is 24.1. The molecule has 0 bridgehead atoms. The number of carbonyl (C=O) groups excluding carboxylic acids is 2. The lowest BCUT2D eigenvalue weighted by atomic mass is 9.98. The molecular formula is C28H27N3O2. The minimum atomic E-state index is -0.660. The molecule has 33 heavy (non-hydrogen) atoms. The molecule has 0 aliphatic carbocycles. The summed E-state index contributed by atoms with van der Waals surface area (Å²) in [5.41, 5.74) is 8.03. The van der Waals surface area contributed by atoms with Crippen molar-refractivity contribution >= 4 is 17.4 Å². The average Bonchev–Trinajstić information content (AvgIpc) is 3.20. The smallest absolute Gasteiger partial charge is 0.244 e. The van der Waals surface area contributed by atoms with Gasteiger partial charge in [-0.15, -0.1) is 6.42 Å². The number of hydrogen-bond acceptors (Lipinski definition) is 4. The van der Waals surface area contributed by atoms with Gasteiger partial charge in [0.2, 0.25) is 5.91 Å². The van der Waals surface area contributed by atoms with Gasteiger partial charge in [-0.05, 0) is 54.6 Å². The Morgan fingerprint density at radius 2 is 1.76 bits per heavy atom. The molecule has 5 heteroatoms. The van der Waals surface area contributed by atoms with E-state index in [4.69, 9.17) is 12.2 Å². The number of terminal acetylenes is 1. The molecule has 1 amide bonds. The summed E-state index contributed by atoms with van der Waals surface area (Å²) >= 11 is 0. The van der Waals surface area contributed by atoms with Crippen LogP contribution >= 0.6 is 0 Å². The van der Waals surface area contributed by atoms with Gasteiger partial charge in [-0.1, -0.05) is 32.0 Å². The summed E-state index contributed by atoms with van der Waals surface area (Å²) < 4.78 is 0. The number of nitrogens with one attached hydrogen (secondary N) is 1. The summed E-state index contributed by atoms with van der Waals surface area (Å²) in [7, 11) is 0. The van der Waals surface area contributed by atoms with Gasteiger partial charge >= 0.3 is 0 Å². The van der Waals surface area contributed by atoms with E-state index in [0.29, 0.717) is 19.4 Å². The molecule has 0 radical (unpaired) electrons. The number of ketones is 1. The van der Waals surface area contributed by atoms with E-state index in [1.54, 1.807) is 4.90 Å². The molecule has 0 aromatic heterocycles. The van der Waals surface area contributed by atoms with Crippen LogP contribution in [0.25, 0.3) is 0 Å². The lowest BCUT2D eigenvalue weighted by Crippen LogP contribution is -2.51. The number of anilines is 1. The monoisotopic (exact) mass is 437 g/mol. The molecule has 0 unspecified atom stereocenters. The van der Waals surface area contributed by atoms with Crippen LogP contribution in [-0.2, 0) is 16.0 Å². The van der Waals surface area contributed by atoms with Crippen molar-refractivity contribution in [1.82, 2.24) is 5.32 Å². The standard InChI is InChI=1S/C28H27N3O2/c1-4-5-6-7-8-9-10-14-19-30-20-15-13-17-24(29)28(33)31-25-18-12-11-16-23(25)21-26(31)27(32)22(2)3/h1,11-12,16,18,22,24,26,30H,13,15,17,20-21,29H2,2-3H3/t24-,26-/m0/s1. The predicted molar refractivity (Wildman–Crippen MR) is 131 cm³/mol. The molecule has 5 nitrogen and oxygen atoms in total. The normalized spacial score (nSPS) is 13.9. The van der Waals surface area contributed by atoms with Crippen molar-refractivity contribution in [2.75, 3.05) is 11.4 Å². The molecule has 1 aliphatic rings. The van der Waals surface area contributed by atoms with Crippen molar-refractivity contribution in [2.24, 2.45) is 11.7 Å². The van der Waals surface area contributed by atoms with Crippen LogP contribution in [0.2, 0.25) is 0 Å². The minimum Gasteiger partial charge on any atom is -0.345 e. The first kappa shape index (κ1) is 25.2. The number of unbranched alkanes of at least 4 members (excludes halogenated alkanes) is 1. The lowest BCUT2D eigenvalue weighted by molar-refractivity contribution is -0.127. The number of Topliss-reactive ketones (excluding diaryl/α,β-unsaturated/α-hetero) is 1. The van der Waals surface area contributed by atoms with Crippen molar-refractivity contribution in [1.29, 1.82) is 0 Å². The molecule has 0 saturated carbocycles. The molecular weight excluding hydrogens is 410 g/mol. The van der Waals surface area contributed by atoms with Crippen LogP contribution in [0, 0.1) is 65.7 Å². The van der Waals surface area contributed by atoms with Gasteiger partial charge in [0.1, 0.15) is 0 Å². The van der Waals surface area contributed by atoms with Crippen molar-refractivity contribution in [3.05, 3.63) is 29.8 Å². The highest BCUT2D eigenvalue weighted by atomic mass is 16.2. The van der Waals surface area contributed by atoms with Crippen LogP contribution in [0.5, 0.6) is 0 Å². The third-order valence-electron chi connectivity index (χ3n) is 5.09. The summed E-state index contributed by atoms with van der Waals surface area (Å²) in [5.74, 6) is 19.4. The van der Waals surface area contributed by atoms with E-state index in [2.05, 4.69) is 58.7 Å². The van der Waals surface area contributed by atoms with Gasteiger partial charge < -0.3 is 11.1 Å². The lowest BCUT2D eigenvalue weighted by Gasteiger charge is -2.28. The Hall–Kier alpha value is -4.08. The minimum absolute atomic E-state index is 0.0594. The molecule has 2 atom stereocenters. The number of rotatable bonds is 8. The van der Waals surface area contributed by atoms with Crippen molar-refractivity contribution in [3.8, 4) is 59.8 Å². The quantitative estimate of drug-likeness (QED) is 0.370. The molecule has 1 aliphatic heterocycles. The van der Waals surface area contributed by atoms with Crippen LogP contribution in [0.4, 0.5) is 5.69 Å². The molecule has 0 spiro atoms. The third-order valence-corrected chi connectivity index (χ3v) is 5.09. The molecule has 1 aromatic rings. The maximum atomic E-state index is 13.2. The van der Waals surface area contributed by atoms with Gasteiger partial charge in [0.15, 0.2) is 5.78 Å². The molecule has 3 N–H and O–H groups in total. The molecule has 2 rings (SSSR count). The van der Waals surface area contributed by atoms with E-state index in [1.165, 1.54) is 0 Å². The topological polar surface area (TPSA) is 75.4 Å². The Kier molecular flexibility index (Phi) is 10.2. The van der Waals surface area contributed by atoms with Crippen LogP contribution in [0.15, 0.2) is 24.3 Å². The van der Waals surface area contributed by atoms with Crippen molar-refractivity contribution in [2.45, 2.75) is 51.6 Å². The summed E-state index contributed by atoms with van der Waals surface area (Å²) in [4.78, 5) is 27.5. The van der Waals surface area contributed by atoms with E-state index >= 15 is 0 Å². The second-order valence-corrected chi connectivity index (χ2v) is 7.79.